The van der Waals surface area contributed by atoms with E-state index in [9.17, 15) is 24.5 Å². The second-order valence-electron chi connectivity index (χ2n) is 5.33. The number of carbonyl (C=O) groups is 2. The summed E-state index contributed by atoms with van der Waals surface area (Å²) in [5, 5.41) is 17.0. The number of aryl methyl sites for hydroxylation is 1. The number of hydrogen-bond donors (Lipinski definition) is 1. The zero-order chi connectivity index (χ0) is 20.0. The van der Waals surface area contributed by atoms with Gasteiger partial charge in [0.05, 0.1) is 4.92 Å². The largest absolute Gasteiger partial charge is 0.451 e. The Kier molecular flexibility index (Phi) is 6.61. The summed E-state index contributed by atoms with van der Waals surface area (Å²) in [6.07, 6.45) is 0.654. The molecular weight excluding hydrogens is 380 g/mol. The Balaban J connectivity index is 1.98. The molecule has 0 radical (unpaired) electrons. The SMILES string of the molecule is CCCn1nc(C(=O)OCC(=O)Nc2ccc(Cl)c([N+](=O)[O-])c2)ccc1=O. The molecule has 0 saturated carbocycles. The number of rotatable bonds is 7. The highest BCUT2D eigenvalue weighted by molar-refractivity contribution is 6.32. The van der Waals surface area contributed by atoms with E-state index >= 15 is 0 Å². The van der Waals surface area contributed by atoms with Gasteiger partial charge in [0.1, 0.15) is 5.02 Å². The van der Waals surface area contributed by atoms with Crippen LogP contribution in [0.4, 0.5) is 11.4 Å². The highest BCUT2D eigenvalue weighted by atomic mass is 35.5. The predicted molar refractivity (Wildman–Crippen MR) is 95.8 cm³/mol. The monoisotopic (exact) mass is 394 g/mol. The van der Waals surface area contributed by atoms with E-state index in [2.05, 4.69) is 10.4 Å². The van der Waals surface area contributed by atoms with Crippen molar-refractivity contribution in [3.05, 3.63) is 61.5 Å². The van der Waals surface area contributed by atoms with Crippen molar-refractivity contribution < 1.29 is 19.2 Å². The van der Waals surface area contributed by atoms with Gasteiger partial charge in [-0.05, 0) is 24.6 Å². The Hall–Kier alpha value is -3.27. The van der Waals surface area contributed by atoms with Gasteiger partial charge < -0.3 is 10.1 Å². The molecule has 0 aliphatic heterocycles. The zero-order valence-electron chi connectivity index (χ0n) is 14.2. The Morgan fingerprint density at radius 2 is 2.07 bits per heavy atom. The molecule has 10 nitrogen and oxygen atoms in total. The molecule has 27 heavy (non-hydrogen) atoms. The van der Waals surface area contributed by atoms with E-state index in [-0.39, 0.29) is 27.7 Å². The van der Waals surface area contributed by atoms with E-state index in [0.29, 0.717) is 13.0 Å². The van der Waals surface area contributed by atoms with Crippen molar-refractivity contribution in [2.75, 3.05) is 11.9 Å². The molecule has 0 aliphatic carbocycles. The van der Waals surface area contributed by atoms with Crippen molar-refractivity contribution in [2.45, 2.75) is 19.9 Å². The normalized spacial score (nSPS) is 10.3. The first-order valence-electron chi connectivity index (χ1n) is 7.81. The van der Waals surface area contributed by atoms with Crippen molar-refractivity contribution in [1.29, 1.82) is 0 Å². The van der Waals surface area contributed by atoms with Crippen LogP contribution in [-0.2, 0) is 16.1 Å². The minimum Gasteiger partial charge on any atom is -0.451 e. The number of nitro groups is 1. The van der Waals surface area contributed by atoms with Gasteiger partial charge in [-0.3, -0.25) is 19.7 Å². The number of hydrogen-bond acceptors (Lipinski definition) is 7. The molecule has 2 rings (SSSR count). The van der Waals surface area contributed by atoms with E-state index in [4.69, 9.17) is 16.3 Å². The maximum absolute atomic E-state index is 12.0. The molecule has 0 aliphatic rings. The van der Waals surface area contributed by atoms with Crippen LogP contribution in [0.25, 0.3) is 0 Å². The fourth-order valence-corrected chi connectivity index (χ4v) is 2.25. The van der Waals surface area contributed by atoms with E-state index < -0.39 is 23.4 Å². The average molecular weight is 395 g/mol. The lowest BCUT2D eigenvalue weighted by atomic mass is 10.3. The number of ether oxygens (including phenoxy) is 1. The number of benzene rings is 1. The standard InChI is InChI=1S/C16H15ClN4O6/c1-2-7-20-15(23)6-5-12(19-20)16(24)27-9-14(22)18-10-3-4-11(17)13(8-10)21(25)26/h3-6,8H,2,7,9H2,1H3,(H,18,22). The highest BCUT2D eigenvalue weighted by Gasteiger charge is 2.16. The van der Waals surface area contributed by atoms with Crippen LogP contribution in [0, 0.1) is 10.1 Å². The number of nitrogens with zero attached hydrogens (tertiary/aromatic N) is 3. The fourth-order valence-electron chi connectivity index (χ4n) is 2.06. The smallest absolute Gasteiger partial charge is 0.359 e. The summed E-state index contributed by atoms with van der Waals surface area (Å²) < 4.78 is 5.98. The first-order valence-corrected chi connectivity index (χ1v) is 8.18. The number of esters is 1. The number of carbonyl (C=O) groups excluding carboxylic acids is 2. The summed E-state index contributed by atoms with van der Waals surface area (Å²) in [6, 6.07) is 6.12. The average Bonchev–Trinajstić information content (AvgIpc) is 2.63. The molecule has 0 atom stereocenters. The zero-order valence-corrected chi connectivity index (χ0v) is 14.9. The lowest BCUT2D eigenvalue weighted by molar-refractivity contribution is -0.384. The number of nitrogens with one attached hydrogen (secondary N) is 1. The van der Waals surface area contributed by atoms with Crippen LogP contribution in [0.1, 0.15) is 23.8 Å². The third-order valence-corrected chi connectivity index (χ3v) is 3.59. The second-order valence-corrected chi connectivity index (χ2v) is 5.73. The first-order chi connectivity index (χ1) is 12.8. The third-order valence-electron chi connectivity index (χ3n) is 3.27. The van der Waals surface area contributed by atoms with E-state index in [0.717, 1.165) is 10.7 Å². The lowest BCUT2D eigenvalue weighted by Crippen LogP contribution is -2.26. The molecule has 142 valence electrons. The van der Waals surface area contributed by atoms with Crippen LogP contribution in [-0.4, -0.2) is 33.2 Å². The Labute approximate surface area is 157 Å². The molecule has 1 amide bonds. The number of nitro benzene ring substituents is 1. The van der Waals surface area contributed by atoms with Crippen molar-refractivity contribution in [2.24, 2.45) is 0 Å². The summed E-state index contributed by atoms with van der Waals surface area (Å²) in [5.41, 5.74) is -0.705. The Morgan fingerprint density at radius 3 is 2.74 bits per heavy atom. The summed E-state index contributed by atoms with van der Waals surface area (Å²) in [7, 11) is 0. The highest BCUT2D eigenvalue weighted by Crippen LogP contribution is 2.27. The molecule has 0 spiro atoms. The summed E-state index contributed by atoms with van der Waals surface area (Å²) in [5.74, 6) is -1.58. The molecule has 0 unspecified atom stereocenters. The summed E-state index contributed by atoms with van der Waals surface area (Å²) in [6.45, 7) is 1.56. The van der Waals surface area contributed by atoms with Crippen LogP contribution < -0.4 is 10.9 Å². The quantitative estimate of drug-likeness (QED) is 0.431. The topological polar surface area (TPSA) is 133 Å². The second kappa shape index (κ2) is 8.90. The maximum atomic E-state index is 12.0. The summed E-state index contributed by atoms with van der Waals surface area (Å²) >= 11 is 5.69. The van der Waals surface area contributed by atoms with Gasteiger partial charge in [-0.2, -0.15) is 5.10 Å². The fraction of sp³-hybridized carbons (Fsp3) is 0.250. The minimum absolute atomic E-state index is 0.0716. The molecule has 0 fully saturated rings. The number of halogens is 1. The van der Waals surface area contributed by atoms with Crippen LogP contribution in [0.2, 0.25) is 5.02 Å². The molecule has 0 bridgehead atoms. The van der Waals surface area contributed by atoms with Crippen molar-refractivity contribution in [3.63, 3.8) is 0 Å². The predicted octanol–water partition coefficient (Wildman–Crippen LogP) is 2.01. The molecule has 1 aromatic carbocycles. The van der Waals surface area contributed by atoms with Gasteiger partial charge in [-0.1, -0.05) is 18.5 Å². The van der Waals surface area contributed by atoms with Gasteiger partial charge in [0.25, 0.3) is 17.2 Å². The molecule has 1 heterocycles. The molecule has 2 aromatic rings. The van der Waals surface area contributed by atoms with Gasteiger partial charge in [0.15, 0.2) is 12.3 Å². The Morgan fingerprint density at radius 1 is 1.33 bits per heavy atom. The van der Waals surface area contributed by atoms with Gasteiger partial charge in [0, 0.05) is 24.4 Å². The lowest BCUT2D eigenvalue weighted by Gasteiger charge is -2.08. The Bertz CT molecular complexity index is 943. The molecule has 1 aromatic heterocycles. The molecule has 11 heteroatoms. The minimum atomic E-state index is -0.878. The first kappa shape index (κ1) is 20.0. The van der Waals surface area contributed by atoms with Crippen LogP contribution in [0.5, 0.6) is 0 Å². The van der Waals surface area contributed by atoms with Crippen LogP contribution in [0.3, 0.4) is 0 Å². The van der Waals surface area contributed by atoms with E-state index in [1.165, 1.54) is 24.3 Å². The molecule has 1 N–H and O–H groups in total. The van der Waals surface area contributed by atoms with Crippen molar-refractivity contribution in [3.8, 4) is 0 Å². The number of aromatic nitrogens is 2. The van der Waals surface area contributed by atoms with E-state index in [1.807, 2.05) is 6.92 Å². The van der Waals surface area contributed by atoms with Gasteiger partial charge in [0.2, 0.25) is 0 Å². The van der Waals surface area contributed by atoms with E-state index in [1.54, 1.807) is 0 Å². The summed E-state index contributed by atoms with van der Waals surface area (Å²) in [4.78, 5) is 45.6. The van der Waals surface area contributed by atoms with Gasteiger partial charge in [-0.25, -0.2) is 9.48 Å². The molecular formula is C16H15ClN4O6. The van der Waals surface area contributed by atoms with Gasteiger partial charge >= 0.3 is 5.97 Å². The van der Waals surface area contributed by atoms with Crippen molar-refractivity contribution >= 4 is 34.9 Å². The van der Waals surface area contributed by atoms with Gasteiger partial charge in [-0.15, -0.1) is 0 Å². The molecule has 0 saturated heterocycles. The third kappa shape index (κ3) is 5.35. The van der Waals surface area contributed by atoms with Crippen LogP contribution >= 0.6 is 11.6 Å². The van der Waals surface area contributed by atoms with Crippen molar-refractivity contribution in [1.82, 2.24) is 9.78 Å². The maximum Gasteiger partial charge on any atom is 0.359 e. The number of anilines is 1. The van der Waals surface area contributed by atoms with Crippen LogP contribution in [0.15, 0.2) is 35.1 Å². The number of amides is 1.